The fourth-order valence-electron chi connectivity index (χ4n) is 3.51. The van der Waals surface area contributed by atoms with Crippen molar-refractivity contribution in [2.24, 2.45) is 10.9 Å². The highest BCUT2D eigenvalue weighted by Crippen LogP contribution is 2.24. The molecule has 1 aromatic carbocycles. The molecule has 3 rings (SSSR count). The molecule has 0 saturated carbocycles. The van der Waals surface area contributed by atoms with Crippen molar-refractivity contribution in [2.45, 2.75) is 32.2 Å². The zero-order valence-corrected chi connectivity index (χ0v) is 13.3. The Balaban J connectivity index is 1.53. The number of guanidine groups is 1. The van der Waals surface area contributed by atoms with Crippen molar-refractivity contribution in [3.8, 4) is 0 Å². The zero-order valence-electron chi connectivity index (χ0n) is 13.3. The second-order valence-corrected chi connectivity index (χ2v) is 6.35. The molecule has 1 saturated heterocycles. The summed E-state index contributed by atoms with van der Waals surface area (Å²) in [5.74, 6) is 1.88. The number of nitrogens with zero attached hydrogens (tertiary/aromatic N) is 3. The third kappa shape index (κ3) is 3.79. The Morgan fingerprint density at radius 1 is 1.09 bits per heavy atom. The van der Waals surface area contributed by atoms with E-state index in [1.54, 1.807) is 0 Å². The number of benzene rings is 1. The maximum atomic E-state index is 12.3. The number of halogens is 1. The summed E-state index contributed by atoms with van der Waals surface area (Å²) in [6.45, 7) is 4.84. The van der Waals surface area contributed by atoms with Gasteiger partial charge in [0.05, 0.1) is 13.2 Å². The molecule has 1 fully saturated rings. The summed E-state index contributed by atoms with van der Waals surface area (Å²) in [4.78, 5) is 9.57. The Labute approximate surface area is 132 Å². The molecule has 0 N–H and O–H groups in total. The normalized spacial score (nSPS) is 19.6. The predicted octanol–water partition coefficient (Wildman–Crippen LogP) is 3.32. The van der Waals surface area contributed by atoms with Crippen molar-refractivity contribution in [3.05, 3.63) is 35.9 Å². The number of hydrogen-bond donors (Lipinski definition) is 0. The van der Waals surface area contributed by atoms with Gasteiger partial charge in [-0.05, 0) is 37.2 Å². The number of likely N-dealkylation sites (tertiary alicyclic amines) is 1. The Bertz CT molecular complexity index is 480. The van der Waals surface area contributed by atoms with Crippen LogP contribution in [0.5, 0.6) is 0 Å². The predicted molar refractivity (Wildman–Crippen MR) is 88.7 cm³/mol. The van der Waals surface area contributed by atoms with Gasteiger partial charge in [-0.1, -0.05) is 30.3 Å². The largest absolute Gasteiger partial charge is 0.343 e. The lowest BCUT2D eigenvalue weighted by Crippen LogP contribution is -2.45. The average molecular weight is 303 g/mol. The maximum Gasteiger partial charge on any atom is 0.197 e. The summed E-state index contributed by atoms with van der Waals surface area (Å²) < 4.78 is 12.3. The number of aliphatic imine (C=N–C) groups is 1. The third-order valence-corrected chi connectivity index (χ3v) is 4.77. The van der Waals surface area contributed by atoms with Crippen molar-refractivity contribution < 1.29 is 4.39 Å². The molecule has 2 aliphatic heterocycles. The van der Waals surface area contributed by atoms with Gasteiger partial charge in [-0.25, -0.2) is 0 Å². The van der Waals surface area contributed by atoms with Gasteiger partial charge in [0.25, 0.3) is 0 Å². The second-order valence-electron chi connectivity index (χ2n) is 6.35. The molecule has 2 aliphatic rings. The topological polar surface area (TPSA) is 18.8 Å². The number of alkyl halides is 1. The van der Waals surface area contributed by atoms with Gasteiger partial charge >= 0.3 is 0 Å². The van der Waals surface area contributed by atoms with Crippen LogP contribution in [0.4, 0.5) is 4.39 Å². The van der Waals surface area contributed by atoms with E-state index in [2.05, 4.69) is 40.1 Å². The van der Waals surface area contributed by atoms with Gasteiger partial charge in [0.2, 0.25) is 0 Å². The van der Waals surface area contributed by atoms with Crippen LogP contribution in [0.1, 0.15) is 31.2 Å². The molecule has 0 aliphatic carbocycles. The molecule has 0 unspecified atom stereocenters. The SMILES string of the molecule is FCCCC1CCN(C2=NCCN2Cc2ccccc2)CC1. The first kappa shape index (κ1) is 15.3. The molecular weight excluding hydrogens is 277 g/mol. The van der Waals surface area contributed by atoms with Gasteiger partial charge in [0.1, 0.15) is 0 Å². The van der Waals surface area contributed by atoms with Crippen LogP contribution in [0.15, 0.2) is 35.3 Å². The Hall–Kier alpha value is -1.58. The highest BCUT2D eigenvalue weighted by Gasteiger charge is 2.27. The van der Waals surface area contributed by atoms with Crippen LogP contribution >= 0.6 is 0 Å². The highest BCUT2D eigenvalue weighted by atomic mass is 19.1. The molecule has 0 amide bonds. The van der Waals surface area contributed by atoms with E-state index < -0.39 is 0 Å². The molecule has 1 aromatic rings. The minimum absolute atomic E-state index is 0.169. The van der Waals surface area contributed by atoms with Crippen LogP contribution in [0.2, 0.25) is 0 Å². The fourth-order valence-corrected chi connectivity index (χ4v) is 3.51. The first-order valence-electron chi connectivity index (χ1n) is 8.51. The van der Waals surface area contributed by atoms with E-state index in [-0.39, 0.29) is 6.67 Å². The van der Waals surface area contributed by atoms with Gasteiger partial charge < -0.3 is 9.80 Å². The molecule has 120 valence electrons. The first-order valence-corrected chi connectivity index (χ1v) is 8.51. The Kier molecular flexibility index (Phi) is 5.30. The minimum Gasteiger partial charge on any atom is -0.343 e. The second kappa shape index (κ2) is 7.61. The van der Waals surface area contributed by atoms with Crippen LogP contribution in [0, 0.1) is 5.92 Å². The van der Waals surface area contributed by atoms with Gasteiger partial charge in [-0.15, -0.1) is 0 Å². The summed E-state index contributed by atoms with van der Waals surface area (Å²) in [6, 6.07) is 10.6. The molecule has 0 radical (unpaired) electrons. The quantitative estimate of drug-likeness (QED) is 0.831. The van der Waals surface area contributed by atoms with Gasteiger partial charge in [0, 0.05) is 26.2 Å². The van der Waals surface area contributed by atoms with Crippen molar-refractivity contribution in [3.63, 3.8) is 0 Å². The third-order valence-electron chi connectivity index (χ3n) is 4.77. The van der Waals surface area contributed by atoms with E-state index in [4.69, 9.17) is 4.99 Å². The lowest BCUT2D eigenvalue weighted by molar-refractivity contribution is 0.226. The summed E-state index contributed by atoms with van der Waals surface area (Å²) in [5.41, 5.74) is 1.34. The van der Waals surface area contributed by atoms with E-state index in [1.807, 2.05) is 0 Å². The Morgan fingerprint density at radius 3 is 2.59 bits per heavy atom. The van der Waals surface area contributed by atoms with Crippen LogP contribution in [0.25, 0.3) is 0 Å². The molecule has 22 heavy (non-hydrogen) atoms. The van der Waals surface area contributed by atoms with E-state index >= 15 is 0 Å². The van der Waals surface area contributed by atoms with Gasteiger partial charge in [0.15, 0.2) is 5.96 Å². The maximum absolute atomic E-state index is 12.3. The molecular formula is C18H26FN3. The van der Waals surface area contributed by atoms with Crippen LogP contribution in [-0.4, -0.2) is 48.6 Å². The summed E-state index contributed by atoms with van der Waals surface area (Å²) in [7, 11) is 0. The lowest BCUT2D eigenvalue weighted by Gasteiger charge is -2.36. The number of hydrogen-bond acceptors (Lipinski definition) is 3. The smallest absolute Gasteiger partial charge is 0.197 e. The summed E-state index contributed by atoms with van der Waals surface area (Å²) in [5, 5.41) is 0. The van der Waals surface area contributed by atoms with Crippen LogP contribution in [0.3, 0.4) is 0 Å². The van der Waals surface area contributed by atoms with Gasteiger partial charge in [-0.3, -0.25) is 9.38 Å². The minimum atomic E-state index is -0.169. The first-order chi connectivity index (χ1) is 10.9. The Morgan fingerprint density at radius 2 is 1.86 bits per heavy atom. The highest BCUT2D eigenvalue weighted by molar-refractivity contribution is 5.81. The monoisotopic (exact) mass is 303 g/mol. The van der Waals surface area contributed by atoms with E-state index in [0.717, 1.165) is 45.6 Å². The average Bonchev–Trinajstić information content (AvgIpc) is 3.02. The molecule has 0 atom stereocenters. The summed E-state index contributed by atoms with van der Waals surface area (Å²) in [6.07, 6.45) is 4.13. The standard InChI is InChI=1S/C18H26FN3/c19-10-4-7-16-8-12-21(13-9-16)18-20-11-14-22(18)15-17-5-2-1-3-6-17/h1-3,5-6,16H,4,7-15H2. The zero-order chi connectivity index (χ0) is 15.2. The molecule has 0 aromatic heterocycles. The number of rotatable bonds is 5. The molecule has 2 heterocycles. The van der Waals surface area contributed by atoms with Crippen LogP contribution in [-0.2, 0) is 6.54 Å². The fraction of sp³-hybridized carbons (Fsp3) is 0.611. The number of piperidine rings is 1. The molecule has 3 nitrogen and oxygen atoms in total. The lowest BCUT2D eigenvalue weighted by atomic mass is 9.92. The van der Waals surface area contributed by atoms with Crippen LogP contribution < -0.4 is 0 Å². The van der Waals surface area contributed by atoms with Gasteiger partial charge in [-0.2, -0.15) is 0 Å². The molecule has 0 bridgehead atoms. The molecule has 4 heteroatoms. The van der Waals surface area contributed by atoms with E-state index in [0.29, 0.717) is 5.92 Å². The van der Waals surface area contributed by atoms with E-state index in [9.17, 15) is 4.39 Å². The van der Waals surface area contributed by atoms with E-state index in [1.165, 1.54) is 24.4 Å². The molecule has 0 spiro atoms. The van der Waals surface area contributed by atoms with Crippen molar-refractivity contribution >= 4 is 5.96 Å². The van der Waals surface area contributed by atoms with Crippen molar-refractivity contribution in [2.75, 3.05) is 32.9 Å². The van der Waals surface area contributed by atoms with Crippen molar-refractivity contribution in [1.82, 2.24) is 9.80 Å². The van der Waals surface area contributed by atoms with Crippen molar-refractivity contribution in [1.29, 1.82) is 0 Å². The summed E-state index contributed by atoms with van der Waals surface area (Å²) >= 11 is 0.